The highest BCUT2D eigenvalue weighted by Crippen LogP contribution is 2.44. The summed E-state index contributed by atoms with van der Waals surface area (Å²) in [5, 5.41) is 1.32. The summed E-state index contributed by atoms with van der Waals surface area (Å²) in [6.07, 6.45) is 0.553. The van der Waals surface area contributed by atoms with Crippen molar-refractivity contribution in [2.24, 2.45) is 0 Å². The van der Waals surface area contributed by atoms with Crippen LogP contribution in [0.2, 0.25) is 5.02 Å². The van der Waals surface area contributed by atoms with Crippen LogP contribution in [0.3, 0.4) is 0 Å². The molecule has 2 aromatic heterocycles. The Morgan fingerprint density at radius 2 is 1.77 bits per heavy atom. The van der Waals surface area contributed by atoms with Crippen molar-refractivity contribution in [3.63, 3.8) is 0 Å². The predicted molar refractivity (Wildman–Crippen MR) is 171 cm³/mol. The molecule has 2 heterocycles. The highest BCUT2D eigenvalue weighted by Gasteiger charge is 2.33. The van der Waals surface area contributed by atoms with E-state index in [9.17, 15) is 14.4 Å². The van der Waals surface area contributed by atoms with Gasteiger partial charge in [0.25, 0.3) is 5.56 Å². The number of carbonyl (C=O) groups excluding carboxylic acids is 1. The average Bonchev–Trinajstić information content (AvgIpc) is 3.37. The highest BCUT2D eigenvalue weighted by atomic mass is 35.5. The number of aromatic nitrogens is 3. The first-order valence-electron chi connectivity index (χ1n) is 13.8. The van der Waals surface area contributed by atoms with E-state index < -0.39 is 28.9 Å². The molecule has 10 heteroatoms. The lowest BCUT2D eigenvalue weighted by Crippen LogP contribution is -2.29. The number of fused-ring (bicyclic) bond motifs is 1. The molecule has 8 nitrogen and oxygen atoms in total. The van der Waals surface area contributed by atoms with Gasteiger partial charge < -0.3 is 9.47 Å². The fourth-order valence-electron chi connectivity index (χ4n) is 4.92. The summed E-state index contributed by atoms with van der Waals surface area (Å²) in [6.45, 7) is 11.3. The number of hydrogen-bond acceptors (Lipinski definition) is 7. The van der Waals surface area contributed by atoms with Crippen LogP contribution in [-0.4, -0.2) is 32.7 Å². The lowest BCUT2D eigenvalue weighted by atomic mass is 9.91. The zero-order valence-corrected chi connectivity index (χ0v) is 26.4. The number of aryl methyl sites for hydroxylation is 2. The maximum atomic E-state index is 13.4. The number of hydrogen-bond donors (Lipinski definition) is 1. The maximum absolute atomic E-state index is 13.4. The number of benzene rings is 3. The Balaban J connectivity index is 1.75. The van der Waals surface area contributed by atoms with Crippen molar-refractivity contribution in [1.29, 1.82) is 0 Å². The molecule has 222 valence electrons. The minimum Gasteiger partial charge on any atom is -0.464 e. The minimum absolute atomic E-state index is 0.222. The summed E-state index contributed by atoms with van der Waals surface area (Å²) < 4.78 is 14.1. The molecule has 0 bridgehead atoms. The average molecular weight is 618 g/mol. The van der Waals surface area contributed by atoms with Crippen LogP contribution in [0.25, 0.3) is 37.6 Å². The second-order valence-corrected chi connectivity index (χ2v) is 12.6. The third-order valence-corrected chi connectivity index (χ3v) is 8.18. The van der Waals surface area contributed by atoms with E-state index >= 15 is 0 Å². The number of nitrogens with zero attached hydrogens (tertiary/aromatic N) is 2. The van der Waals surface area contributed by atoms with Crippen molar-refractivity contribution in [1.82, 2.24) is 14.5 Å². The molecule has 0 aliphatic rings. The summed E-state index contributed by atoms with van der Waals surface area (Å²) in [5.41, 5.74) is 4.23. The Morgan fingerprint density at radius 1 is 1.05 bits per heavy atom. The van der Waals surface area contributed by atoms with Crippen LogP contribution in [0.1, 0.15) is 50.5 Å². The molecule has 5 rings (SSSR count). The van der Waals surface area contributed by atoms with Gasteiger partial charge in [0, 0.05) is 33.5 Å². The normalized spacial score (nSPS) is 12.4. The van der Waals surface area contributed by atoms with Crippen LogP contribution in [0.4, 0.5) is 0 Å². The molecular formula is C33H32ClN3O5S. The van der Waals surface area contributed by atoms with Gasteiger partial charge in [-0.15, -0.1) is 11.3 Å². The van der Waals surface area contributed by atoms with Crippen molar-refractivity contribution in [2.45, 2.75) is 53.2 Å². The van der Waals surface area contributed by atoms with Crippen molar-refractivity contribution in [2.75, 3.05) is 6.61 Å². The predicted octanol–water partition coefficient (Wildman–Crippen LogP) is 7.16. The Labute approximate surface area is 257 Å². The molecule has 0 radical (unpaired) electrons. The molecular weight excluding hydrogens is 586 g/mol. The van der Waals surface area contributed by atoms with Crippen molar-refractivity contribution in [3.8, 4) is 27.4 Å². The SMILES string of the molecule is CCOC(=O)C(OC(C)(C)C)c1c(C)cc2nc(-c3cccc(-n4cc(C)c(=O)[nH]c4=O)c3)sc2c1-c1ccc(Cl)cc1. The van der Waals surface area contributed by atoms with Crippen molar-refractivity contribution >= 4 is 39.1 Å². The molecule has 0 amide bonds. The molecule has 1 atom stereocenters. The van der Waals surface area contributed by atoms with Crippen LogP contribution in [0.15, 0.2) is 70.4 Å². The van der Waals surface area contributed by atoms with Gasteiger partial charge in [-0.3, -0.25) is 14.3 Å². The van der Waals surface area contributed by atoms with Gasteiger partial charge in [0.1, 0.15) is 5.01 Å². The lowest BCUT2D eigenvalue weighted by molar-refractivity contribution is -0.166. The van der Waals surface area contributed by atoms with Gasteiger partial charge in [-0.05, 0) is 83.0 Å². The van der Waals surface area contributed by atoms with Gasteiger partial charge in [0.05, 0.1) is 28.1 Å². The Hall–Kier alpha value is -4.05. The fourth-order valence-corrected chi connectivity index (χ4v) is 6.17. The van der Waals surface area contributed by atoms with Gasteiger partial charge in [-0.2, -0.15) is 0 Å². The van der Waals surface area contributed by atoms with Gasteiger partial charge >= 0.3 is 11.7 Å². The number of H-pyrrole nitrogens is 1. The van der Waals surface area contributed by atoms with Crippen LogP contribution < -0.4 is 11.2 Å². The van der Waals surface area contributed by atoms with Crippen LogP contribution in [-0.2, 0) is 14.3 Å². The first kappa shape index (κ1) is 30.4. The number of ether oxygens (including phenoxy) is 2. The third kappa shape index (κ3) is 6.34. The number of esters is 1. The summed E-state index contributed by atoms with van der Waals surface area (Å²) >= 11 is 7.73. The fraction of sp³-hybridized carbons (Fsp3) is 0.273. The summed E-state index contributed by atoms with van der Waals surface area (Å²) in [7, 11) is 0. The zero-order valence-electron chi connectivity index (χ0n) is 24.8. The lowest BCUT2D eigenvalue weighted by Gasteiger charge is -2.29. The quantitative estimate of drug-likeness (QED) is 0.194. The van der Waals surface area contributed by atoms with Crippen molar-refractivity contribution < 1.29 is 14.3 Å². The van der Waals surface area contributed by atoms with Gasteiger partial charge in [0.2, 0.25) is 0 Å². The Kier molecular flexibility index (Phi) is 8.42. The van der Waals surface area contributed by atoms with Crippen molar-refractivity contribution in [3.05, 3.63) is 103 Å². The van der Waals surface area contributed by atoms with E-state index in [0.717, 1.165) is 37.5 Å². The van der Waals surface area contributed by atoms with Crippen LogP contribution in [0, 0.1) is 13.8 Å². The molecule has 43 heavy (non-hydrogen) atoms. The van der Waals surface area contributed by atoms with E-state index in [2.05, 4.69) is 4.98 Å². The second-order valence-electron chi connectivity index (χ2n) is 11.2. The molecule has 1 N–H and O–H groups in total. The highest BCUT2D eigenvalue weighted by molar-refractivity contribution is 7.22. The summed E-state index contributed by atoms with van der Waals surface area (Å²) in [5.74, 6) is -0.464. The molecule has 0 saturated heterocycles. The topological polar surface area (TPSA) is 103 Å². The molecule has 0 saturated carbocycles. The zero-order chi connectivity index (χ0) is 31.1. The molecule has 5 aromatic rings. The smallest absolute Gasteiger partial charge is 0.339 e. The monoisotopic (exact) mass is 617 g/mol. The molecule has 0 spiro atoms. The van der Waals surface area contributed by atoms with E-state index in [1.807, 2.05) is 76.2 Å². The van der Waals surface area contributed by atoms with E-state index in [1.165, 1.54) is 22.1 Å². The van der Waals surface area contributed by atoms with Gasteiger partial charge in [0.15, 0.2) is 6.10 Å². The second kappa shape index (κ2) is 11.9. The number of thiazole rings is 1. The number of aromatic amines is 1. The molecule has 0 aliphatic heterocycles. The van der Waals surface area contributed by atoms with E-state index in [-0.39, 0.29) is 6.61 Å². The molecule has 3 aromatic carbocycles. The third-order valence-electron chi connectivity index (χ3n) is 6.79. The molecule has 1 unspecified atom stereocenters. The van der Waals surface area contributed by atoms with Gasteiger partial charge in [-0.1, -0.05) is 35.9 Å². The van der Waals surface area contributed by atoms with Crippen LogP contribution >= 0.6 is 22.9 Å². The summed E-state index contributed by atoms with van der Waals surface area (Å²) in [4.78, 5) is 45.2. The van der Waals surface area contributed by atoms with Gasteiger partial charge in [-0.25, -0.2) is 14.6 Å². The molecule has 0 aliphatic carbocycles. The number of carbonyl (C=O) groups is 1. The van der Waals surface area contributed by atoms with E-state index in [4.69, 9.17) is 26.1 Å². The van der Waals surface area contributed by atoms with E-state index in [1.54, 1.807) is 19.9 Å². The minimum atomic E-state index is -0.973. The maximum Gasteiger partial charge on any atom is 0.339 e. The number of nitrogens with one attached hydrogen (secondary N) is 1. The molecule has 0 fully saturated rings. The largest absolute Gasteiger partial charge is 0.464 e. The summed E-state index contributed by atoms with van der Waals surface area (Å²) in [6, 6.07) is 16.8. The first-order valence-corrected chi connectivity index (χ1v) is 15.0. The number of halogens is 1. The van der Waals surface area contributed by atoms with Crippen LogP contribution in [0.5, 0.6) is 0 Å². The number of rotatable bonds is 7. The Bertz CT molecular complexity index is 1950. The first-order chi connectivity index (χ1) is 20.4. The standard InChI is InChI=1S/C33H32ClN3O5S/c1-7-41-31(39)27(42-33(4,5)6)25-18(2)15-24-28(26(25)20-11-13-22(34)14-12-20)43-30(35-24)21-9-8-10-23(16-21)37-17-19(3)29(38)36-32(37)40/h8-17,27H,7H2,1-6H3,(H,36,38,40). The van der Waals surface area contributed by atoms with E-state index in [0.29, 0.717) is 21.8 Å². The Morgan fingerprint density at radius 3 is 2.44 bits per heavy atom.